The molecule has 0 atom stereocenters. The van der Waals surface area contributed by atoms with Crippen LogP contribution in [0.15, 0.2) is 36.5 Å². The fourth-order valence-electron chi connectivity index (χ4n) is 2.40. The number of rotatable bonds is 3. The number of carbonyl (C=O) groups excluding carboxylic acids is 2. The van der Waals surface area contributed by atoms with E-state index in [1.807, 2.05) is 0 Å². The van der Waals surface area contributed by atoms with Crippen molar-refractivity contribution in [2.75, 3.05) is 41.8 Å². The van der Waals surface area contributed by atoms with E-state index in [0.717, 1.165) is 25.0 Å². The summed E-state index contributed by atoms with van der Waals surface area (Å²) < 4.78 is 18.9. The van der Waals surface area contributed by atoms with Gasteiger partial charge in [-0.05, 0) is 30.3 Å². The molecular formula is C17H16ClFN4O3. The summed E-state index contributed by atoms with van der Waals surface area (Å²) in [5.41, 5.74) is 0.187. The van der Waals surface area contributed by atoms with Gasteiger partial charge >= 0.3 is 11.8 Å². The Balaban J connectivity index is 1.60. The molecule has 0 radical (unpaired) electrons. The maximum Gasteiger partial charge on any atom is 0.314 e. The Morgan fingerprint density at radius 2 is 1.85 bits per heavy atom. The number of ether oxygens (including phenoxy) is 1. The Hall–Kier alpha value is -2.71. The average molecular weight is 379 g/mol. The van der Waals surface area contributed by atoms with Crippen LogP contribution in [0.3, 0.4) is 0 Å². The zero-order valence-corrected chi connectivity index (χ0v) is 14.4. The normalized spacial score (nSPS) is 14.0. The van der Waals surface area contributed by atoms with Gasteiger partial charge in [-0.3, -0.25) is 9.59 Å². The summed E-state index contributed by atoms with van der Waals surface area (Å²) in [4.78, 5) is 30.2. The van der Waals surface area contributed by atoms with Crippen molar-refractivity contribution < 1.29 is 18.7 Å². The van der Waals surface area contributed by atoms with Gasteiger partial charge in [0, 0.05) is 18.1 Å². The van der Waals surface area contributed by atoms with E-state index in [0.29, 0.717) is 18.9 Å². The monoisotopic (exact) mass is 378 g/mol. The third-order valence-electron chi connectivity index (χ3n) is 3.72. The third-order valence-corrected chi connectivity index (χ3v) is 3.96. The van der Waals surface area contributed by atoms with Crippen LogP contribution in [-0.2, 0) is 14.3 Å². The second-order valence-corrected chi connectivity index (χ2v) is 5.97. The topological polar surface area (TPSA) is 83.6 Å². The first-order valence-corrected chi connectivity index (χ1v) is 8.27. The van der Waals surface area contributed by atoms with E-state index < -0.39 is 17.6 Å². The minimum atomic E-state index is -1.01. The van der Waals surface area contributed by atoms with Crippen LogP contribution in [0.25, 0.3) is 0 Å². The zero-order valence-electron chi connectivity index (χ0n) is 13.7. The number of benzene rings is 1. The van der Waals surface area contributed by atoms with E-state index in [1.54, 1.807) is 12.1 Å². The van der Waals surface area contributed by atoms with Crippen molar-refractivity contribution in [1.82, 2.24) is 4.98 Å². The molecule has 2 N–H and O–H groups in total. The molecule has 2 heterocycles. The predicted octanol–water partition coefficient (Wildman–Crippen LogP) is 2.29. The molecule has 1 aromatic carbocycles. The molecule has 1 fully saturated rings. The SMILES string of the molecule is O=C(Nc1ccc(N2CCOCC2)nc1)C(=O)Nc1cc(Cl)ccc1F. The van der Waals surface area contributed by atoms with Gasteiger partial charge in [-0.25, -0.2) is 9.37 Å². The molecule has 0 aliphatic carbocycles. The van der Waals surface area contributed by atoms with Crippen LogP contribution in [0.1, 0.15) is 0 Å². The molecule has 1 aliphatic rings. The molecule has 9 heteroatoms. The van der Waals surface area contributed by atoms with Crippen molar-refractivity contribution in [3.05, 3.63) is 47.4 Å². The first kappa shape index (κ1) is 18.1. The number of anilines is 3. The summed E-state index contributed by atoms with van der Waals surface area (Å²) in [6.07, 6.45) is 1.45. The van der Waals surface area contributed by atoms with Crippen molar-refractivity contribution in [3.8, 4) is 0 Å². The molecule has 0 saturated carbocycles. The number of carbonyl (C=O) groups is 2. The maximum atomic E-state index is 13.6. The van der Waals surface area contributed by atoms with Crippen LogP contribution in [0.2, 0.25) is 5.02 Å². The molecule has 0 spiro atoms. The number of amides is 2. The summed E-state index contributed by atoms with van der Waals surface area (Å²) in [6.45, 7) is 2.76. The quantitative estimate of drug-likeness (QED) is 0.801. The molecule has 1 aliphatic heterocycles. The molecule has 2 amide bonds. The maximum absolute atomic E-state index is 13.6. The van der Waals surface area contributed by atoms with Crippen LogP contribution < -0.4 is 15.5 Å². The van der Waals surface area contributed by atoms with Crippen LogP contribution in [0, 0.1) is 5.82 Å². The number of nitrogens with zero attached hydrogens (tertiary/aromatic N) is 2. The molecule has 26 heavy (non-hydrogen) atoms. The van der Waals surface area contributed by atoms with Gasteiger partial charge in [0.2, 0.25) is 0 Å². The smallest absolute Gasteiger partial charge is 0.314 e. The Morgan fingerprint density at radius 1 is 1.12 bits per heavy atom. The van der Waals surface area contributed by atoms with Gasteiger partial charge in [0.25, 0.3) is 0 Å². The van der Waals surface area contributed by atoms with Gasteiger partial charge in [-0.1, -0.05) is 11.6 Å². The van der Waals surface area contributed by atoms with Gasteiger partial charge in [-0.2, -0.15) is 0 Å². The minimum Gasteiger partial charge on any atom is -0.378 e. The number of hydrogen-bond donors (Lipinski definition) is 2. The highest BCUT2D eigenvalue weighted by Gasteiger charge is 2.17. The summed E-state index contributed by atoms with van der Waals surface area (Å²) >= 11 is 5.75. The van der Waals surface area contributed by atoms with Crippen LogP contribution in [-0.4, -0.2) is 43.1 Å². The number of morpholine rings is 1. The highest BCUT2D eigenvalue weighted by Crippen LogP contribution is 2.20. The number of aromatic nitrogens is 1. The molecule has 2 aromatic rings. The lowest BCUT2D eigenvalue weighted by Gasteiger charge is -2.27. The minimum absolute atomic E-state index is 0.168. The third kappa shape index (κ3) is 4.47. The summed E-state index contributed by atoms with van der Waals surface area (Å²) in [6, 6.07) is 7.05. The first-order valence-electron chi connectivity index (χ1n) is 7.89. The van der Waals surface area contributed by atoms with Gasteiger partial charge in [0.15, 0.2) is 0 Å². The van der Waals surface area contributed by atoms with Gasteiger partial charge in [-0.15, -0.1) is 0 Å². The van der Waals surface area contributed by atoms with Gasteiger partial charge in [0.1, 0.15) is 11.6 Å². The molecule has 136 valence electrons. The van der Waals surface area contributed by atoms with E-state index >= 15 is 0 Å². The highest BCUT2D eigenvalue weighted by molar-refractivity contribution is 6.43. The van der Waals surface area contributed by atoms with Crippen molar-refractivity contribution in [1.29, 1.82) is 0 Å². The van der Waals surface area contributed by atoms with E-state index in [4.69, 9.17) is 16.3 Å². The number of nitrogens with one attached hydrogen (secondary N) is 2. The molecule has 1 saturated heterocycles. The summed E-state index contributed by atoms with van der Waals surface area (Å²) in [5.74, 6) is -1.88. The van der Waals surface area contributed by atoms with E-state index in [1.165, 1.54) is 18.3 Å². The van der Waals surface area contributed by atoms with Crippen molar-refractivity contribution in [2.24, 2.45) is 0 Å². The fraction of sp³-hybridized carbons (Fsp3) is 0.235. The lowest BCUT2D eigenvalue weighted by atomic mass is 10.3. The standard InChI is InChI=1S/C17H16ClFN4O3/c18-11-1-3-13(19)14(9-11)22-17(25)16(24)21-12-2-4-15(20-10-12)23-5-7-26-8-6-23/h1-4,9-10H,5-8H2,(H,21,24)(H,22,25). The lowest BCUT2D eigenvalue weighted by molar-refractivity contribution is -0.133. The van der Waals surface area contributed by atoms with Gasteiger partial charge in [0.05, 0.1) is 30.8 Å². The fourth-order valence-corrected chi connectivity index (χ4v) is 2.57. The second kappa shape index (κ2) is 8.11. The number of pyridine rings is 1. The van der Waals surface area contributed by atoms with Crippen molar-refractivity contribution >= 4 is 40.6 Å². The van der Waals surface area contributed by atoms with E-state index in [-0.39, 0.29) is 10.7 Å². The molecule has 1 aromatic heterocycles. The zero-order chi connectivity index (χ0) is 18.5. The predicted molar refractivity (Wildman–Crippen MR) is 95.9 cm³/mol. The first-order chi connectivity index (χ1) is 12.5. The molecular weight excluding hydrogens is 363 g/mol. The lowest BCUT2D eigenvalue weighted by Crippen LogP contribution is -2.36. The average Bonchev–Trinajstić information content (AvgIpc) is 2.66. The number of hydrogen-bond acceptors (Lipinski definition) is 5. The van der Waals surface area contributed by atoms with Crippen molar-refractivity contribution in [2.45, 2.75) is 0 Å². The van der Waals surface area contributed by atoms with Crippen LogP contribution in [0.5, 0.6) is 0 Å². The Morgan fingerprint density at radius 3 is 2.54 bits per heavy atom. The Kier molecular flexibility index (Phi) is 5.65. The van der Waals surface area contributed by atoms with E-state index in [9.17, 15) is 14.0 Å². The van der Waals surface area contributed by atoms with E-state index in [2.05, 4.69) is 20.5 Å². The van der Waals surface area contributed by atoms with Crippen LogP contribution >= 0.6 is 11.6 Å². The molecule has 0 bridgehead atoms. The summed E-state index contributed by atoms with van der Waals surface area (Å²) in [5, 5.41) is 4.84. The molecule has 0 unspecified atom stereocenters. The second-order valence-electron chi connectivity index (χ2n) is 5.54. The molecule has 7 nitrogen and oxygen atoms in total. The van der Waals surface area contributed by atoms with Gasteiger partial charge < -0.3 is 20.3 Å². The summed E-state index contributed by atoms with van der Waals surface area (Å²) in [7, 11) is 0. The largest absolute Gasteiger partial charge is 0.378 e. The molecule has 3 rings (SSSR count). The van der Waals surface area contributed by atoms with Crippen LogP contribution in [0.4, 0.5) is 21.6 Å². The highest BCUT2D eigenvalue weighted by atomic mass is 35.5. The number of halogens is 2. The Bertz CT molecular complexity index is 810. The van der Waals surface area contributed by atoms with Crippen molar-refractivity contribution in [3.63, 3.8) is 0 Å². The Labute approximate surface area is 154 Å².